The van der Waals surface area contributed by atoms with Crippen molar-refractivity contribution < 1.29 is 14.3 Å². The molecule has 1 unspecified atom stereocenters. The molecule has 2 N–H and O–H groups in total. The minimum Gasteiger partial charge on any atom is -0.496 e. The summed E-state index contributed by atoms with van der Waals surface area (Å²) < 4.78 is 5.58. The van der Waals surface area contributed by atoms with Crippen LogP contribution in [0.15, 0.2) is 54.9 Å². The molecule has 1 aromatic heterocycles. The normalized spacial score (nSPS) is 14.9. The van der Waals surface area contributed by atoms with Crippen LogP contribution in [0.1, 0.15) is 48.5 Å². The molecule has 0 radical (unpaired) electrons. The molecular formula is C28H33N5O3. The molecule has 1 aliphatic heterocycles. The summed E-state index contributed by atoms with van der Waals surface area (Å²) in [7, 11) is 3.24. The number of carbonyl (C=O) groups is 2. The van der Waals surface area contributed by atoms with Crippen molar-refractivity contribution in [2.45, 2.75) is 32.6 Å². The summed E-state index contributed by atoms with van der Waals surface area (Å²) in [6.07, 6.45) is 3.09. The number of hydrogen-bond donors (Lipinski definition) is 2. The first-order valence-corrected chi connectivity index (χ1v) is 12.3. The Bertz CT molecular complexity index is 1230. The molecule has 0 bridgehead atoms. The van der Waals surface area contributed by atoms with Gasteiger partial charge in [-0.25, -0.2) is 9.97 Å². The van der Waals surface area contributed by atoms with Crippen molar-refractivity contribution in [1.29, 1.82) is 0 Å². The van der Waals surface area contributed by atoms with E-state index in [1.54, 1.807) is 26.6 Å². The first-order valence-electron chi connectivity index (χ1n) is 12.3. The SMILES string of the molecule is CNC(=O)c1ccc(C(C)[C@H](C)CNc2cc(-c3ccc(N4CCCC4=O)cc3)ncn2)c(OC)c1. The zero-order valence-corrected chi connectivity index (χ0v) is 21.2. The Labute approximate surface area is 212 Å². The summed E-state index contributed by atoms with van der Waals surface area (Å²) in [5, 5.41) is 6.08. The average Bonchev–Trinajstić information content (AvgIpc) is 3.36. The summed E-state index contributed by atoms with van der Waals surface area (Å²) >= 11 is 0. The molecule has 8 nitrogen and oxygen atoms in total. The standard InChI is InChI=1S/C28H33N5O3/c1-18(19(2)23-12-9-21(28(35)29-3)14-25(23)36-4)16-30-26-15-24(31-17-32-26)20-7-10-22(11-8-20)33-13-5-6-27(33)34/h7-12,14-15,17-19H,5-6,13,16H2,1-4H3,(H,29,35)(H,30,31,32)/t18-,19?/m1/s1. The van der Waals surface area contributed by atoms with E-state index in [9.17, 15) is 9.59 Å². The minimum atomic E-state index is -0.138. The Kier molecular flexibility index (Phi) is 7.83. The highest BCUT2D eigenvalue weighted by Gasteiger charge is 2.22. The molecule has 188 valence electrons. The van der Waals surface area contributed by atoms with E-state index in [0.717, 1.165) is 41.3 Å². The van der Waals surface area contributed by atoms with E-state index in [2.05, 4.69) is 34.4 Å². The summed E-state index contributed by atoms with van der Waals surface area (Å²) in [4.78, 5) is 34.6. The molecule has 8 heteroatoms. The third-order valence-electron chi connectivity index (χ3n) is 6.89. The molecule has 0 aliphatic carbocycles. The Morgan fingerprint density at radius 3 is 2.56 bits per heavy atom. The molecule has 0 saturated carbocycles. The van der Waals surface area contributed by atoms with E-state index >= 15 is 0 Å². The molecule has 1 aliphatic rings. The third kappa shape index (κ3) is 5.48. The molecule has 3 aromatic rings. The fraction of sp³-hybridized carbons (Fsp3) is 0.357. The van der Waals surface area contributed by atoms with Crippen LogP contribution in [-0.2, 0) is 4.79 Å². The van der Waals surface area contributed by atoms with Gasteiger partial charge in [0, 0.05) is 49.4 Å². The van der Waals surface area contributed by atoms with Gasteiger partial charge in [0.05, 0.1) is 12.8 Å². The number of amides is 2. The lowest BCUT2D eigenvalue weighted by Gasteiger charge is -2.23. The number of benzene rings is 2. The fourth-order valence-corrected chi connectivity index (χ4v) is 4.47. The van der Waals surface area contributed by atoms with Crippen LogP contribution in [0.2, 0.25) is 0 Å². The lowest BCUT2D eigenvalue weighted by molar-refractivity contribution is -0.117. The van der Waals surface area contributed by atoms with Crippen LogP contribution in [0.25, 0.3) is 11.3 Å². The molecule has 2 atom stereocenters. The van der Waals surface area contributed by atoms with Crippen LogP contribution in [0, 0.1) is 5.92 Å². The number of hydrogen-bond acceptors (Lipinski definition) is 6. The molecule has 2 amide bonds. The second-order valence-corrected chi connectivity index (χ2v) is 9.17. The van der Waals surface area contributed by atoms with Gasteiger partial charge < -0.3 is 20.3 Å². The molecule has 2 heterocycles. The largest absolute Gasteiger partial charge is 0.496 e. The molecule has 1 saturated heterocycles. The number of rotatable bonds is 9. The van der Waals surface area contributed by atoms with Crippen molar-refractivity contribution >= 4 is 23.3 Å². The van der Waals surface area contributed by atoms with E-state index in [0.29, 0.717) is 24.3 Å². The van der Waals surface area contributed by atoms with Gasteiger partial charge in [0.25, 0.3) is 5.91 Å². The van der Waals surface area contributed by atoms with E-state index < -0.39 is 0 Å². The van der Waals surface area contributed by atoms with Crippen LogP contribution in [-0.4, -0.2) is 49.0 Å². The first kappa shape index (κ1) is 25.2. The Hall–Kier alpha value is -3.94. The molecule has 0 spiro atoms. The van der Waals surface area contributed by atoms with Gasteiger partial charge in [0.15, 0.2) is 0 Å². The molecule has 2 aromatic carbocycles. The van der Waals surface area contributed by atoms with Gasteiger partial charge in [-0.2, -0.15) is 0 Å². The first-order chi connectivity index (χ1) is 17.4. The lowest BCUT2D eigenvalue weighted by atomic mass is 9.87. The van der Waals surface area contributed by atoms with Gasteiger partial charge in [-0.3, -0.25) is 9.59 Å². The van der Waals surface area contributed by atoms with E-state index in [1.807, 2.05) is 47.4 Å². The number of aromatic nitrogens is 2. The summed E-state index contributed by atoms with van der Waals surface area (Å²) in [5.41, 5.74) is 4.34. The monoisotopic (exact) mass is 487 g/mol. The summed E-state index contributed by atoms with van der Waals surface area (Å²) in [6.45, 7) is 5.81. The van der Waals surface area contributed by atoms with Crippen LogP contribution in [0.5, 0.6) is 5.75 Å². The van der Waals surface area contributed by atoms with Gasteiger partial charge in [0.1, 0.15) is 17.9 Å². The van der Waals surface area contributed by atoms with E-state index in [4.69, 9.17) is 4.74 Å². The van der Waals surface area contributed by atoms with Crippen molar-refractivity contribution in [1.82, 2.24) is 15.3 Å². The predicted molar refractivity (Wildman–Crippen MR) is 142 cm³/mol. The van der Waals surface area contributed by atoms with Crippen molar-refractivity contribution in [3.8, 4) is 17.0 Å². The Balaban J connectivity index is 1.41. The predicted octanol–water partition coefficient (Wildman–Crippen LogP) is 4.49. The van der Waals surface area contributed by atoms with Crippen molar-refractivity contribution in [2.24, 2.45) is 5.92 Å². The van der Waals surface area contributed by atoms with Crippen LogP contribution in [0.4, 0.5) is 11.5 Å². The second-order valence-electron chi connectivity index (χ2n) is 9.17. The highest BCUT2D eigenvalue weighted by molar-refractivity contribution is 5.95. The molecule has 4 rings (SSSR count). The quantitative estimate of drug-likeness (QED) is 0.462. The number of nitrogens with one attached hydrogen (secondary N) is 2. The second kappa shape index (κ2) is 11.2. The average molecular weight is 488 g/mol. The molecule has 1 fully saturated rings. The van der Waals surface area contributed by atoms with Crippen molar-refractivity contribution in [3.63, 3.8) is 0 Å². The highest BCUT2D eigenvalue weighted by Crippen LogP contribution is 2.33. The van der Waals surface area contributed by atoms with Gasteiger partial charge in [-0.05, 0) is 48.1 Å². The van der Waals surface area contributed by atoms with Gasteiger partial charge in [0.2, 0.25) is 5.91 Å². The van der Waals surface area contributed by atoms with Gasteiger partial charge >= 0.3 is 0 Å². The highest BCUT2D eigenvalue weighted by atomic mass is 16.5. The number of ether oxygens (including phenoxy) is 1. The van der Waals surface area contributed by atoms with Gasteiger partial charge in [-0.1, -0.05) is 32.0 Å². The number of anilines is 2. The van der Waals surface area contributed by atoms with Crippen molar-refractivity contribution in [2.75, 3.05) is 37.5 Å². The van der Waals surface area contributed by atoms with Crippen LogP contribution in [0.3, 0.4) is 0 Å². The lowest BCUT2D eigenvalue weighted by Crippen LogP contribution is -2.23. The van der Waals surface area contributed by atoms with E-state index in [-0.39, 0.29) is 23.7 Å². The Morgan fingerprint density at radius 1 is 1.11 bits per heavy atom. The van der Waals surface area contributed by atoms with Crippen molar-refractivity contribution in [3.05, 3.63) is 66.0 Å². The minimum absolute atomic E-state index is 0.138. The number of nitrogens with zero attached hydrogens (tertiary/aromatic N) is 3. The summed E-state index contributed by atoms with van der Waals surface area (Å²) in [5.74, 6) is 1.95. The maximum absolute atomic E-state index is 12.0. The fourth-order valence-electron chi connectivity index (χ4n) is 4.47. The maximum Gasteiger partial charge on any atom is 0.251 e. The third-order valence-corrected chi connectivity index (χ3v) is 6.89. The summed E-state index contributed by atoms with van der Waals surface area (Å²) in [6, 6.07) is 15.4. The topological polar surface area (TPSA) is 96.5 Å². The van der Waals surface area contributed by atoms with Crippen LogP contribution >= 0.6 is 0 Å². The number of methoxy groups -OCH3 is 1. The smallest absolute Gasteiger partial charge is 0.251 e. The van der Waals surface area contributed by atoms with Crippen LogP contribution < -0.4 is 20.3 Å². The molecular weight excluding hydrogens is 454 g/mol. The Morgan fingerprint density at radius 2 is 1.89 bits per heavy atom. The van der Waals surface area contributed by atoms with Gasteiger partial charge in [-0.15, -0.1) is 0 Å². The molecule has 36 heavy (non-hydrogen) atoms. The van der Waals surface area contributed by atoms with E-state index in [1.165, 1.54) is 0 Å². The maximum atomic E-state index is 12.0. The number of carbonyl (C=O) groups excluding carboxylic acids is 2. The zero-order chi connectivity index (χ0) is 25.7. The zero-order valence-electron chi connectivity index (χ0n) is 21.2.